The van der Waals surface area contributed by atoms with Crippen LogP contribution < -0.4 is 5.32 Å². The number of benzene rings is 3. The van der Waals surface area contributed by atoms with Crippen molar-refractivity contribution in [3.05, 3.63) is 81.8 Å². The molecule has 4 nitrogen and oxygen atoms in total. The van der Waals surface area contributed by atoms with Crippen LogP contribution in [-0.2, 0) is 0 Å². The second-order valence-electron chi connectivity index (χ2n) is 7.22. The quantitative estimate of drug-likeness (QED) is 0.349. The Morgan fingerprint density at radius 1 is 1.07 bits per heavy atom. The number of rotatable bonds is 5. The van der Waals surface area contributed by atoms with Gasteiger partial charge in [0.2, 0.25) is 5.89 Å². The summed E-state index contributed by atoms with van der Waals surface area (Å²) < 4.78 is 5.94. The largest absolute Gasteiger partial charge is 0.436 e. The number of carbonyl (C=O) groups is 1. The van der Waals surface area contributed by atoms with Crippen molar-refractivity contribution in [1.82, 2.24) is 4.98 Å². The molecule has 4 aromatic rings. The second-order valence-corrected chi connectivity index (χ2v) is 8.03. The molecule has 4 rings (SSSR count). The number of carbonyl (C=O) groups excluding carboxylic acids is 1. The number of halogens is 2. The normalized spacial score (nSPS) is 12.1. The van der Waals surface area contributed by atoms with E-state index in [1.165, 1.54) is 5.56 Å². The van der Waals surface area contributed by atoms with E-state index in [1.54, 1.807) is 18.2 Å². The molecule has 1 amide bonds. The summed E-state index contributed by atoms with van der Waals surface area (Å²) in [7, 11) is 0. The fourth-order valence-corrected chi connectivity index (χ4v) is 3.48. The van der Waals surface area contributed by atoms with Crippen LogP contribution in [0.25, 0.3) is 22.6 Å². The molecule has 3 aromatic carbocycles. The van der Waals surface area contributed by atoms with E-state index in [9.17, 15) is 4.79 Å². The average Bonchev–Trinajstić information content (AvgIpc) is 3.18. The lowest BCUT2D eigenvalue weighted by molar-refractivity contribution is 0.102. The van der Waals surface area contributed by atoms with Gasteiger partial charge in [-0.1, -0.05) is 49.2 Å². The summed E-state index contributed by atoms with van der Waals surface area (Å²) >= 11 is 11.9. The Bertz CT molecular complexity index is 1230. The molecule has 0 aliphatic rings. The third-order valence-electron chi connectivity index (χ3n) is 5.14. The van der Waals surface area contributed by atoms with Gasteiger partial charge in [0.1, 0.15) is 5.52 Å². The minimum absolute atomic E-state index is 0.276. The van der Waals surface area contributed by atoms with Gasteiger partial charge in [-0.05, 0) is 66.4 Å². The van der Waals surface area contributed by atoms with Crippen LogP contribution in [0.4, 0.5) is 5.69 Å². The summed E-state index contributed by atoms with van der Waals surface area (Å²) in [6.45, 7) is 4.36. The average molecular weight is 439 g/mol. The Kier molecular flexibility index (Phi) is 5.80. The van der Waals surface area contributed by atoms with Crippen molar-refractivity contribution < 1.29 is 9.21 Å². The lowest BCUT2D eigenvalue weighted by atomic mass is 9.98. The van der Waals surface area contributed by atoms with E-state index < -0.39 is 0 Å². The van der Waals surface area contributed by atoms with Crippen molar-refractivity contribution in [2.24, 2.45) is 0 Å². The molecule has 0 fully saturated rings. The van der Waals surface area contributed by atoms with Gasteiger partial charge in [-0.25, -0.2) is 4.98 Å². The molecule has 30 heavy (non-hydrogen) atoms. The zero-order valence-corrected chi connectivity index (χ0v) is 18.1. The van der Waals surface area contributed by atoms with E-state index in [0.29, 0.717) is 33.1 Å². The number of hydrogen-bond donors (Lipinski definition) is 1. The Morgan fingerprint density at radius 2 is 1.90 bits per heavy atom. The molecule has 0 bridgehead atoms. The standard InChI is InChI=1S/C24H20Cl2N2O2/c1-3-14(2)15-8-10-22-21(13-15)28-24(30-22)17-5-4-6-18(11-17)27-23(29)16-7-9-19(25)20(26)12-16/h4-14H,3H2,1-2H3,(H,27,29)/t14-/m1/s1. The zero-order valence-electron chi connectivity index (χ0n) is 16.6. The van der Waals surface area contributed by atoms with Crippen molar-refractivity contribution in [3.8, 4) is 11.5 Å². The number of anilines is 1. The number of hydrogen-bond acceptors (Lipinski definition) is 3. The van der Waals surface area contributed by atoms with Gasteiger partial charge in [0.15, 0.2) is 5.58 Å². The third kappa shape index (κ3) is 4.20. The number of nitrogens with zero attached hydrogens (tertiary/aromatic N) is 1. The van der Waals surface area contributed by atoms with Crippen LogP contribution >= 0.6 is 23.2 Å². The van der Waals surface area contributed by atoms with Crippen molar-refractivity contribution >= 4 is 45.9 Å². The monoisotopic (exact) mass is 438 g/mol. The van der Waals surface area contributed by atoms with Crippen LogP contribution in [0, 0.1) is 0 Å². The highest BCUT2D eigenvalue weighted by molar-refractivity contribution is 6.42. The first-order chi connectivity index (χ1) is 14.4. The molecule has 1 atom stereocenters. The molecular weight excluding hydrogens is 419 g/mol. The third-order valence-corrected chi connectivity index (χ3v) is 5.88. The second kappa shape index (κ2) is 8.50. The Labute approximate surface area is 184 Å². The first kappa shape index (κ1) is 20.5. The lowest BCUT2D eigenvalue weighted by Crippen LogP contribution is -2.11. The SMILES string of the molecule is CC[C@@H](C)c1ccc2oc(-c3cccc(NC(=O)c4ccc(Cl)c(Cl)c4)c3)nc2c1. The first-order valence-electron chi connectivity index (χ1n) is 9.72. The van der Waals surface area contributed by atoms with Gasteiger partial charge in [0, 0.05) is 16.8 Å². The van der Waals surface area contributed by atoms with Crippen LogP contribution in [0.3, 0.4) is 0 Å². The Morgan fingerprint density at radius 3 is 2.67 bits per heavy atom. The highest BCUT2D eigenvalue weighted by Crippen LogP contribution is 2.29. The Hall–Kier alpha value is -2.82. The predicted molar refractivity (Wildman–Crippen MR) is 123 cm³/mol. The molecule has 0 spiro atoms. The van der Waals surface area contributed by atoms with Gasteiger partial charge in [0.25, 0.3) is 5.91 Å². The number of oxazole rings is 1. The summed E-state index contributed by atoms with van der Waals surface area (Å²) in [6.07, 6.45) is 1.07. The number of amides is 1. The predicted octanol–water partition coefficient (Wildman–Crippen LogP) is 7.57. The van der Waals surface area contributed by atoms with Crippen LogP contribution in [0.1, 0.15) is 42.1 Å². The number of nitrogens with one attached hydrogen (secondary N) is 1. The van der Waals surface area contributed by atoms with Gasteiger partial charge in [-0.3, -0.25) is 4.79 Å². The van der Waals surface area contributed by atoms with E-state index in [4.69, 9.17) is 27.6 Å². The summed E-state index contributed by atoms with van der Waals surface area (Å²) in [5.41, 5.74) is 4.64. The van der Waals surface area contributed by atoms with Crippen molar-refractivity contribution in [2.75, 3.05) is 5.32 Å². The molecule has 1 heterocycles. The molecular formula is C24H20Cl2N2O2. The van der Waals surface area contributed by atoms with Gasteiger partial charge in [-0.15, -0.1) is 0 Å². The van der Waals surface area contributed by atoms with Crippen LogP contribution in [0.15, 0.2) is 65.1 Å². The summed E-state index contributed by atoms with van der Waals surface area (Å²) in [4.78, 5) is 17.2. The van der Waals surface area contributed by atoms with E-state index in [2.05, 4.69) is 36.3 Å². The molecule has 1 N–H and O–H groups in total. The van der Waals surface area contributed by atoms with E-state index in [1.807, 2.05) is 30.3 Å². The molecule has 0 aliphatic carbocycles. The van der Waals surface area contributed by atoms with Crippen LogP contribution in [0.2, 0.25) is 10.0 Å². The Balaban J connectivity index is 1.59. The smallest absolute Gasteiger partial charge is 0.255 e. The fourth-order valence-electron chi connectivity index (χ4n) is 3.18. The van der Waals surface area contributed by atoms with Gasteiger partial charge in [0.05, 0.1) is 10.0 Å². The molecule has 1 aromatic heterocycles. The molecule has 152 valence electrons. The minimum atomic E-state index is -0.276. The van der Waals surface area contributed by atoms with Crippen molar-refractivity contribution in [3.63, 3.8) is 0 Å². The number of aromatic nitrogens is 1. The fraction of sp³-hybridized carbons (Fsp3) is 0.167. The van der Waals surface area contributed by atoms with E-state index in [-0.39, 0.29) is 5.91 Å². The summed E-state index contributed by atoms with van der Waals surface area (Å²) in [5, 5.41) is 3.61. The van der Waals surface area contributed by atoms with Crippen LogP contribution in [-0.4, -0.2) is 10.9 Å². The molecule has 0 saturated carbocycles. The summed E-state index contributed by atoms with van der Waals surface area (Å²) in [5.74, 6) is 0.702. The minimum Gasteiger partial charge on any atom is -0.436 e. The topological polar surface area (TPSA) is 55.1 Å². The van der Waals surface area contributed by atoms with Gasteiger partial charge < -0.3 is 9.73 Å². The maximum absolute atomic E-state index is 12.5. The molecule has 0 unspecified atom stereocenters. The summed E-state index contributed by atoms with van der Waals surface area (Å²) in [6, 6.07) is 18.3. The molecule has 0 radical (unpaired) electrons. The highest BCUT2D eigenvalue weighted by atomic mass is 35.5. The highest BCUT2D eigenvalue weighted by Gasteiger charge is 2.13. The van der Waals surface area contributed by atoms with Crippen molar-refractivity contribution in [1.29, 1.82) is 0 Å². The zero-order chi connectivity index (χ0) is 21.3. The lowest BCUT2D eigenvalue weighted by Gasteiger charge is -2.07. The molecule has 6 heteroatoms. The molecule has 0 aliphatic heterocycles. The maximum Gasteiger partial charge on any atom is 0.255 e. The first-order valence-corrected chi connectivity index (χ1v) is 10.5. The van der Waals surface area contributed by atoms with Crippen LogP contribution in [0.5, 0.6) is 0 Å². The van der Waals surface area contributed by atoms with E-state index >= 15 is 0 Å². The van der Waals surface area contributed by atoms with Gasteiger partial charge in [-0.2, -0.15) is 0 Å². The van der Waals surface area contributed by atoms with Crippen molar-refractivity contribution in [2.45, 2.75) is 26.2 Å². The molecule has 0 saturated heterocycles. The van der Waals surface area contributed by atoms with Gasteiger partial charge >= 0.3 is 0 Å². The number of fused-ring (bicyclic) bond motifs is 1. The van der Waals surface area contributed by atoms with E-state index in [0.717, 1.165) is 23.1 Å². The maximum atomic E-state index is 12.5.